The lowest BCUT2D eigenvalue weighted by atomic mass is 9.97. The highest BCUT2D eigenvalue weighted by atomic mass is 16.2. The molecular weight excluding hydrogens is 338 g/mol. The highest BCUT2D eigenvalue weighted by Gasteiger charge is 2.26. The van der Waals surface area contributed by atoms with Gasteiger partial charge in [-0.3, -0.25) is 4.79 Å². The molecular formula is C21H23N5O. The summed E-state index contributed by atoms with van der Waals surface area (Å²) >= 11 is 0. The van der Waals surface area contributed by atoms with Gasteiger partial charge in [0.15, 0.2) is 5.82 Å². The van der Waals surface area contributed by atoms with Crippen LogP contribution in [0.4, 0.5) is 5.82 Å². The number of carbonyl (C=O) groups excluding carboxylic acids is 1. The smallest absolute Gasteiger partial charge is 0.253 e. The molecule has 0 atom stereocenters. The molecule has 3 heterocycles. The summed E-state index contributed by atoms with van der Waals surface area (Å²) < 4.78 is 2.00. The zero-order valence-corrected chi connectivity index (χ0v) is 15.3. The van der Waals surface area contributed by atoms with Crippen LogP contribution in [0.1, 0.15) is 34.5 Å². The van der Waals surface area contributed by atoms with Gasteiger partial charge in [0.1, 0.15) is 5.52 Å². The zero-order valence-electron chi connectivity index (χ0n) is 15.3. The number of hydrogen-bond donors (Lipinski definition) is 0. The third-order valence-corrected chi connectivity index (χ3v) is 5.69. The van der Waals surface area contributed by atoms with Gasteiger partial charge in [-0.1, -0.05) is 18.2 Å². The Labute approximate surface area is 158 Å². The maximum Gasteiger partial charge on any atom is 0.253 e. The van der Waals surface area contributed by atoms with E-state index in [9.17, 15) is 4.79 Å². The first kappa shape index (κ1) is 16.3. The highest BCUT2D eigenvalue weighted by molar-refractivity contribution is 5.94. The van der Waals surface area contributed by atoms with Crippen LogP contribution in [0.25, 0.3) is 5.52 Å². The highest BCUT2D eigenvalue weighted by Crippen LogP contribution is 2.30. The van der Waals surface area contributed by atoms with Crippen LogP contribution >= 0.6 is 0 Å². The monoisotopic (exact) mass is 361 g/mol. The molecule has 0 N–H and O–H groups in total. The fourth-order valence-corrected chi connectivity index (χ4v) is 4.26. The van der Waals surface area contributed by atoms with Crippen molar-refractivity contribution in [3.05, 3.63) is 59.5 Å². The first-order valence-corrected chi connectivity index (χ1v) is 9.75. The van der Waals surface area contributed by atoms with E-state index in [1.54, 1.807) is 0 Å². The van der Waals surface area contributed by atoms with Gasteiger partial charge >= 0.3 is 0 Å². The minimum atomic E-state index is 0.114. The van der Waals surface area contributed by atoms with Gasteiger partial charge in [0.25, 0.3) is 5.91 Å². The predicted molar refractivity (Wildman–Crippen MR) is 104 cm³/mol. The van der Waals surface area contributed by atoms with Gasteiger partial charge in [0.2, 0.25) is 0 Å². The Hall–Kier alpha value is -2.89. The van der Waals surface area contributed by atoms with Gasteiger partial charge in [-0.2, -0.15) is 5.10 Å². The van der Waals surface area contributed by atoms with E-state index in [-0.39, 0.29) is 5.91 Å². The second-order valence-electron chi connectivity index (χ2n) is 7.32. The summed E-state index contributed by atoms with van der Waals surface area (Å²) in [7, 11) is 0. The number of hydrogen-bond acceptors (Lipinski definition) is 4. The minimum Gasteiger partial charge on any atom is -0.351 e. The number of benzene rings is 1. The van der Waals surface area contributed by atoms with Crippen LogP contribution in [0.15, 0.2) is 42.7 Å². The molecule has 6 nitrogen and oxygen atoms in total. The van der Waals surface area contributed by atoms with Crippen molar-refractivity contribution in [3.8, 4) is 0 Å². The standard InChI is InChI=1S/C21H23N5O/c27-21(16-6-2-1-3-7-16)25-14-12-24(13-15-25)20-19-17-8-4-5-9-18(17)23-26(19)11-10-22-20/h1-3,6-7,10-11H,4-5,8-9,12-15H2. The maximum absolute atomic E-state index is 12.7. The lowest BCUT2D eigenvalue weighted by molar-refractivity contribution is 0.0746. The Balaban J connectivity index is 1.38. The molecule has 138 valence electrons. The third kappa shape index (κ3) is 2.85. The van der Waals surface area contributed by atoms with Crippen LogP contribution in [-0.4, -0.2) is 51.6 Å². The Kier molecular flexibility index (Phi) is 4.03. The second-order valence-corrected chi connectivity index (χ2v) is 7.32. The average molecular weight is 361 g/mol. The van der Waals surface area contributed by atoms with Gasteiger partial charge in [0, 0.05) is 49.7 Å². The normalized spacial score (nSPS) is 17.2. The molecule has 1 aliphatic heterocycles. The summed E-state index contributed by atoms with van der Waals surface area (Å²) in [6.45, 7) is 3.02. The number of fused-ring (bicyclic) bond motifs is 3. The molecule has 1 aromatic carbocycles. The first-order valence-electron chi connectivity index (χ1n) is 9.75. The van der Waals surface area contributed by atoms with Gasteiger partial charge in [-0.05, 0) is 37.8 Å². The van der Waals surface area contributed by atoms with Gasteiger partial charge in [-0.25, -0.2) is 9.50 Å². The quantitative estimate of drug-likeness (QED) is 0.704. The van der Waals surface area contributed by atoms with Crippen molar-refractivity contribution in [2.24, 2.45) is 0 Å². The SMILES string of the molecule is O=C(c1ccccc1)N1CCN(c2nccn3nc4c(c23)CCCC4)CC1. The average Bonchev–Trinajstić information content (AvgIpc) is 3.13. The molecule has 2 aromatic heterocycles. The summed E-state index contributed by atoms with van der Waals surface area (Å²) in [5.41, 5.74) is 4.52. The van der Waals surface area contributed by atoms with E-state index in [4.69, 9.17) is 10.1 Å². The van der Waals surface area contributed by atoms with Crippen molar-refractivity contribution in [3.63, 3.8) is 0 Å². The lowest BCUT2D eigenvalue weighted by Gasteiger charge is -2.35. The second kappa shape index (κ2) is 6.68. The number of aromatic nitrogens is 3. The molecule has 27 heavy (non-hydrogen) atoms. The van der Waals surface area contributed by atoms with Crippen LogP contribution in [0, 0.1) is 0 Å². The molecule has 0 saturated carbocycles. The van der Waals surface area contributed by atoms with Crippen LogP contribution in [0.3, 0.4) is 0 Å². The van der Waals surface area contributed by atoms with E-state index in [1.807, 2.05) is 52.1 Å². The molecule has 1 amide bonds. The van der Waals surface area contributed by atoms with E-state index in [2.05, 4.69) is 4.90 Å². The largest absolute Gasteiger partial charge is 0.351 e. The van der Waals surface area contributed by atoms with Gasteiger partial charge < -0.3 is 9.80 Å². The minimum absolute atomic E-state index is 0.114. The van der Waals surface area contributed by atoms with E-state index in [0.29, 0.717) is 13.1 Å². The summed E-state index contributed by atoms with van der Waals surface area (Å²) in [5, 5.41) is 4.78. The molecule has 2 aliphatic rings. The maximum atomic E-state index is 12.7. The third-order valence-electron chi connectivity index (χ3n) is 5.69. The van der Waals surface area contributed by atoms with Crippen molar-refractivity contribution < 1.29 is 4.79 Å². The summed E-state index contributed by atoms with van der Waals surface area (Å²) in [6.07, 6.45) is 8.39. The van der Waals surface area contributed by atoms with Crippen LogP contribution in [0.5, 0.6) is 0 Å². The number of nitrogens with zero attached hydrogens (tertiary/aromatic N) is 5. The Morgan fingerprint density at radius 3 is 2.56 bits per heavy atom. The van der Waals surface area contributed by atoms with Crippen LogP contribution in [0.2, 0.25) is 0 Å². The molecule has 6 heteroatoms. The number of aryl methyl sites for hydroxylation is 2. The van der Waals surface area contributed by atoms with Crippen LogP contribution < -0.4 is 4.90 Å². The topological polar surface area (TPSA) is 53.7 Å². The number of amides is 1. The molecule has 0 radical (unpaired) electrons. The molecule has 1 fully saturated rings. The van der Waals surface area contributed by atoms with Crippen molar-refractivity contribution in [2.75, 3.05) is 31.1 Å². The molecule has 0 spiro atoms. The van der Waals surface area contributed by atoms with E-state index in [1.165, 1.54) is 24.1 Å². The van der Waals surface area contributed by atoms with Crippen molar-refractivity contribution in [1.29, 1.82) is 0 Å². The molecule has 1 aliphatic carbocycles. The number of anilines is 1. The Morgan fingerprint density at radius 1 is 0.963 bits per heavy atom. The van der Waals surface area contributed by atoms with E-state index in [0.717, 1.165) is 42.8 Å². The molecule has 3 aromatic rings. The summed E-state index contributed by atoms with van der Waals surface area (Å²) in [6, 6.07) is 9.53. The number of rotatable bonds is 2. The number of piperazine rings is 1. The molecule has 0 bridgehead atoms. The van der Waals surface area contributed by atoms with Gasteiger partial charge in [0.05, 0.1) is 5.69 Å². The Bertz CT molecular complexity index is 973. The van der Waals surface area contributed by atoms with Crippen molar-refractivity contribution in [2.45, 2.75) is 25.7 Å². The van der Waals surface area contributed by atoms with Gasteiger partial charge in [-0.15, -0.1) is 0 Å². The number of carbonyl (C=O) groups is 1. The Morgan fingerprint density at radius 2 is 1.74 bits per heavy atom. The fourth-order valence-electron chi connectivity index (χ4n) is 4.26. The summed E-state index contributed by atoms with van der Waals surface area (Å²) in [5.74, 6) is 1.13. The van der Waals surface area contributed by atoms with Crippen LogP contribution in [-0.2, 0) is 12.8 Å². The lowest BCUT2D eigenvalue weighted by Crippen LogP contribution is -2.49. The molecule has 1 saturated heterocycles. The summed E-state index contributed by atoms with van der Waals surface area (Å²) in [4.78, 5) is 21.6. The fraction of sp³-hybridized carbons (Fsp3) is 0.381. The van der Waals surface area contributed by atoms with E-state index < -0.39 is 0 Å². The van der Waals surface area contributed by atoms with Crippen molar-refractivity contribution in [1.82, 2.24) is 19.5 Å². The first-order chi connectivity index (χ1) is 13.3. The van der Waals surface area contributed by atoms with Crippen molar-refractivity contribution >= 4 is 17.2 Å². The molecule has 5 rings (SSSR count). The molecule has 0 unspecified atom stereocenters. The van der Waals surface area contributed by atoms with E-state index >= 15 is 0 Å². The predicted octanol–water partition coefficient (Wildman–Crippen LogP) is 2.57. The zero-order chi connectivity index (χ0) is 18.2.